The Bertz CT molecular complexity index is 1960. The third-order valence-electron chi connectivity index (χ3n) is 7.15. The van der Waals surface area contributed by atoms with Gasteiger partial charge in [0.15, 0.2) is 0 Å². The lowest BCUT2D eigenvalue weighted by atomic mass is 9.97. The van der Waals surface area contributed by atoms with Crippen molar-refractivity contribution in [3.63, 3.8) is 0 Å². The molecule has 0 radical (unpaired) electrons. The molecule has 2 nitrogen and oxygen atoms in total. The average Bonchev–Trinajstić information content (AvgIpc) is 3.01. The van der Waals surface area contributed by atoms with Crippen molar-refractivity contribution in [2.24, 2.45) is 0 Å². The molecular formula is C36H23BrN2. The predicted molar refractivity (Wildman–Crippen MR) is 166 cm³/mol. The van der Waals surface area contributed by atoms with Crippen LogP contribution in [0.5, 0.6) is 0 Å². The molecule has 0 N–H and O–H groups in total. The fourth-order valence-electron chi connectivity index (χ4n) is 5.09. The molecule has 6 aromatic carbocycles. The summed E-state index contributed by atoms with van der Waals surface area (Å²) in [5, 5.41) is 2.49. The first-order valence-corrected chi connectivity index (χ1v) is 13.7. The molecule has 0 amide bonds. The van der Waals surface area contributed by atoms with E-state index in [9.17, 15) is 0 Å². The minimum absolute atomic E-state index is 0.880. The number of rotatable bonds is 4. The zero-order chi connectivity index (χ0) is 26.2. The number of hydrogen-bond donors (Lipinski definition) is 0. The topological polar surface area (TPSA) is 25.8 Å². The van der Waals surface area contributed by atoms with Crippen LogP contribution >= 0.6 is 15.9 Å². The molecule has 1 heterocycles. The van der Waals surface area contributed by atoms with Gasteiger partial charge in [-0.3, -0.25) is 0 Å². The molecule has 7 rings (SSSR count). The van der Waals surface area contributed by atoms with E-state index >= 15 is 0 Å². The largest absolute Gasteiger partial charge is 0.244 e. The van der Waals surface area contributed by atoms with E-state index in [1.165, 1.54) is 21.9 Å². The molecule has 0 spiro atoms. The molecule has 3 heteroatoms. The Morgan fingerprint density at radius 3 is 1.51 bits per heavy atom. The van der Waals surface area contributed by atoms with Crippen LogP contribution in [0.15, 0.2) is 144 Å². The van der Waals surface area contributed by atoms with Gasteiger partial charge < -0.3 is 0 Å². The van der Waals surface area contributed by atoms with Crippen LogP contribution in [0.1, 0.15) is 0 Å². The van der Waals surface area contributed by atoms with Crippen molar-refractivity contribution in [3.8, 4) is 44.8 Å². The van der Waals surface area contributed by atoms with E-state index in [-0.39, 0.29) is 0 Å². The summed E-state index contributed by atoms with van der Waals surface area (Å²) in [5.41, 5.74) is 10.3. The molecular weight excluding hydrogens is 540 g/mol. The molecule has 0 unspecified atom stereocenters. The molecule has 184 valence electrons. The van der Waals surface area contributed by atoms with E-state index in [0.29, 0.717) is 0 Å². The van der Waals surface area contributed by atoms with E-state index in [0.717, 1.165) is 49.1 Å². The quantitative estimate of drug-likeness (QED) is 0.213. The van der Waals surface area contributed by atoms with Gasteiger partial charge in [0.25, 0.3) is 0 Å². The number of nitrogens with zero attached hydrogens (tertiary/aromatic N) is 2. The van der Waals surface area contributed by atoms with Crippen LogP contribution in [0.4, 0.5) is 0 Å². The van der Waals surface area contributed by atoms with Crippen molar-refractivity contribution >= 4 is 37.7 Å². The second-order valence-electron chi connectivity index (χ2n) is 9.61. The first-order valence-electron chi connectivity index (χ1n) is 12.9. The van der Waals surface area contributed by atoms with Crippen LogP contribution in [0.25, 0.3) is 66.6 Å². The molecule has 0 aliphatic rings. The van der Waals surface area contributed by atoms with E-state index in [1.807, 2.05) is 30.3 Å². The third-order valence-corrected chi connectivity index (χ3v) is 7.85. The van der Waals surface area contributed by atoms with Crippen LogP contribution in [-0.4, -0.2) is 9.97 Å². The summed E-state index contributed by atoms with van der Waals surface area (Å²) in [4.78, 5) is 10.2. The van der Waals surface area contributed by atoms with Gasteiger partial charge in [-0.1, -0.05) is 131 Å². The van der Waals surface area contributed by atoms with Gasteiger partial charge in [-0.05, 0) is 57.3 Å². The fourth-order valence-corrected chi connectivity index (χ4v) is 5.61. The normalized spacial score (nSPS) is 11.2. The Kier molecular flexibility index (Phi) is 5.99. The van der Waals surface area contributed by atoms with E-state index in [4.69, 9.17) is 9.97 Å². The van der Waals surface area contributed by atoms with Crippen molar-refractivity contribution in [2.75, 3.05) is 0 Å². The van der Waals surface area contributed by atoms with Crippen molar-refractivity contribution in [2.45, 2.75) is 0 Å². The zero-order valence-corrected chi connectivity index (χ0v) is 22.6. The van der Waals surface area contributed by atoms with Crippen LogP contribution in [-0.2, 0) is 0 Å². The van der Waals surface area contributed by atoms with Crippen molar-refractivity contribution < 1.29 is 0 Å². The molecule has 1 aromatic heterocycles. The minimum atomic E-state index is 0.880. The maximum atomic E-state index is 5.09. The summed E-state index contributed by atoms with van der Waals surface area (Å²) in [6.45, 7) is 0. The van der Waals surface area contributed by atoms with Gasteiger partial charge in [-0.25, -0.2) is 9.97 Å². The van der Waals surface area contributed by atoms with Crippen molar-refractivity contribution in [1.29, 1.82) is 0 Å². The van der Waals surface area contributed by atoms with Gasteiger partial charge in [-0.15, -0.1) is 0 Å². The lowest BCUT2D eigenvalue weighted by molar-refractivity contribution is 1.29. The lowest BCUT2D eigenvalue weighted by Gasteiger charge is -2.12. The number of aromatic nitrogens is 2. The number of benzene rings is 6. The first kappa shape index (κ1) is 23.5. The maximum absolute atomic E-state index is 5.09. The molecule has 0 aliphatic heterocycles. The molecule has 0 fully saturated rings. The van der Waals surface area contributed by atoms with E-state index in [1.54, 1.807) is 0 Å². The lowest BCUT2D eigenvalue weighted by Crippen LogP contribution is -1.95. The van der Waals surface area contributed by atoms with Gasteiger partial charge in [0.1, 0.15) is 0 Å². The Balaban J connectivity index is 1.31. The summed E-state index contributed by atoms with van der Waals surface area (Å²) in [5.74, 6) is 0. The van der Waals surface area contributed by atoms with Gasteiger partial charge in [-0.2, -0.15) is 0 Å². The smallest absolute Gasteiger partial charge is 0.0973 e. The highest BCUT2D eigenvalue weighted by molar-refractivity contribution is 9.10. The van der Waals surface area contributed by atoms with Gasteiger partial charge in [0, 0.05) is 15.6 Å². The number of halogens is 1. The average molecular weight is 563 g/mol. The van der Waals surface area contributed by atoms with Crippen LogP contribution in [0, 0.1) is 0 Å². The minimum Gasteiger partial charge on any atom is -0.244 e. The maximum Gasteiger partial charge on any atom is 0.0973 e. The van der Waals surface area contributed by atoms with E-state index < -0.39 is 0 Å². The van der Waals surface area contributed by atoms with Crippen LogP contribution in [0.2, 0.25) is 0 Å². The van der Waals surface area contributed by atoms with E-state index in [2.05, 4.69) is 125 Å². The molecule has 39 heavy (non-hydrogen) atoms. The molecule has 0 aliphatic carbocycles. The second kappa shape index (κ2) is 9.94. The van der Waals surface area contributed by atoms with Gasteiger partial charge in [0.05, 0.1) is 22.4 Å². The summed E-state index contributed by atoms with van der Waals surface area (Å²) in [7, 11) is 0. The van der Waals surface area contributed by atoms with Crippen LogP contribution < -0.4 is 0 Å². The molecule has 0 saturated heterocycles. The van der Waals surface area contributed by atoms with Crippen LogP contribution in [0.3, 0.4) is 0 Å². The monoisotopic (exact) mass is 562 g/mol. The van der Waals surface area contributed by atoms with Crippen molar-refractivity contribution in [3.05, 3.63) is 144 Å². The fraction of sp³-hybridized carbons (Fsp3) is 0. The zero-order valence-electron chi connectivity index (χ0n) is 21.1. The van der Waals surface area contributed by atoms with Crippen molar-refractivity contribution in [1.82, 2.24) is 9.97 Å². The Hall–Kier alpha value is -4.60. The highest BCUT2D eigenvalue weighted by Crippen LogP contribution is 2.35. The first-order chi connectivity index (χ1) is 19.2. The van der Waals surface area contributed by atoms with Gasteiger partial charge >= 0.3 is 0 Å². The Labute approximate surface area is 235 Å². The molecule has 0 saturated carbocycles. The molecule has 7 aromatic rings. The molecule has 0 atom stereocenters. The highest BCUT2D eigenvalue weighted by Gasteiger charge is 2.14. The molecule has 0 bridgehead atoms. The predicted octanol–water partition coefficient (Wildman–Crippen LogP) is 10.2. The summed E-state index contributed by atoms with van der Waals surface area (Å²) < 4.78 is 1.08. The summed E-state index contributed by atoms with van der Waals surface area (Å²) in [6, 6.07) is 48.7. The summed E-state index contributed by atoms with van der Waals surface area (Å²) >= 11 is 3.68. The highest BCUT2D eigenvalue weighted by atomic mass is 79.9. The standard InChI is InChI=1S/C36H23BrN2/c37-32-10-4-3-9-31(32)26-16-20-28(21-17-26)36-35(38-33-11-5-6-12-34(33)39-36)27-18-13-25(14-19-27)30-22-15-24-7-1-2-8-29(24)23-30/h1-23H. The number of hydrogen-bond acceptors (Lipinski definition) is 2. The number of fused-ring (bicyclic) bond motifs is 2. The second-order valence-corrected chi connectivity index (χ2v) is 10.5. The number of para-hydroxylation sites is 2. The third kappa shape index (κ3) is 4.52. The Morgan fingerprint density at radius 1 is 0.385 bits per heavy atom. The summed E-state index contributed by atoms with van der Waals surface area (Å²) in [6.07, 6.45) is 0. The van der Waals surface area contributed by atoms with Gasteiger partial charge in [0.2, 0.25) is 0 Å². The Morgan fingerprint density at radius 2 is 0.872 bits per heavy atom. The SMILES string of the molecule is Brc1ccccc1-c1ccc(-c2nc3ccccc3nc2-c2ccc(-c3ccc4ccccc4c3)cc2)cc1.